The van der Waals surface area contributed by atoms with Crippen LogP contribution >= 0.6 is 50.4 Å². The summed E-state index contributed by atoms with van der Waals surface area (Å²) in [5.74, 6) is 0.691. The number of thiazole rings is 2. The van der Waals surface area contributed by atoms with Crippen LogP contribution in [0.15, 0.2) is 38.7 Å². The number of hydrogen-bond donors (Lipinski definition) is 0. The van der Waals surface area contributed by atoms with Gasteiger partial charge in [-0.25, -0.2) is 9.97 Å². The van der Waals surface area contributed by atoms with E-state index in [-0.39, 0.29) is 5.69 Å². The molecule has 3 aromatic heterocycles. The van der Waals surface area contributed by atoms with Crippen molar-refractivity contribution in [2.24, 2.45) is 0 Å². The molecule has 0 aliphatic rings. The molecule has 0 atom stereocenters. The number of fused-ring (bicyclic) bond motifs is 2. The van der Waals surface area contributed by atoms with Crippen LogP contribution in [0.3, 0.4) is 0 Å². The Labute approximate surface area is 150 Å². The van der Waals surface area contributed by atoms with Gasteiger partial charge in [-0.3, -0.25) is 14.5 Å². The van der Waals surface area contributed by atoms with Gasteiger partial charge in [-0.05, 0) is 22.0 Å². The van der Waals surface area contributed by atoms with Gasteiger partial charge in [0.25, 0.3) is 5.69 Å². The zero-order valence-electron chi connectivity index (χ0n) is 11.3. The largest absolute Gasteiger partial charge is 0.284 e. The number of benzene rings is 1. The molecule has 0 radical (unpaired) electrons. The van der Waals surface area contributed by atoms with Crippen molar-refractivity contribution in [2.45, 2.75) is 10.1 Å². The van der Waals surface area contributed by atoms with Gasteiger partial charge in [0.1, 0.15) is 4.60 Å². The van der Waals surface area contributed by atoms with Gasteiger partial charge in [0.05, 0.1) is 20.8 Å². The van der Waals surface area contributed by atoms with Crippen LogP contribution in [0.2, 0.25) is 0 Å². The predicted molar refractivity (Wildman–Crippen MR) is 96.6 cm³/mol. The first-order valence-corrected chi connectivity index (χ1v) is 9.87. The van der Waals surface area contributed by atoms with E-state index in [2.05, 4.69) is 25.9 Å². The summed E-state index contributed by atoms with van der Waals surface area (Å²) in [6, 6.07) is 4.77. The smallest absolute Gasteiger partial charge is 0.271 e. The third-order valence-electron chi connectivity index (χ3n) is 3.16. The minimum Gasteiger partial charge on any atom is -0.284 e. The molecule has 0 saturated heterocycles. The third kappa shape index (κ3) is 2.75. The van der Waals surface area contributed by atoms with E-state index in [1.807, 2.05) is 16.0 Å². The lowest BCUT2D eigenvalue weighted by Gasteiger charge is -1.95. The van der Waals surface area contributed by atoms with Crippen molar-refractivity contribution in [1.82, 2.24) is 14.4 Å². The van der Waals surface area contributed by atoms with Crippen LogP contribution in [0.25, 0.3) is 15.2 Å². The van der Waals surface area contributed by atoms with Crippen molar-refractivity contribution >= 4 is 71.2 Å². The molecule has 4 rings (SSSR count). The fraction of sp³-hybridized carbons (Fsp3) is 0.0769. The summed E-state index contributed by atoms with van der Waals surface area (Å²) in [7, 11) is 0. The number of non-ortho nitro benzene ring substituents is 1. The van der Waals surface area contributed by atoms with Crippen LogP contribution in [-0.4, -0.2) is 19.3 Å². The van der Waals surface area contributed by atoms with Crippen molar-refractivity contribution in [1.29, 1.82) is 0 Å². The summed E-state index contributed by atoms with van der Waals surface area (Å²) in [4.78, 5) is 20.4. The van der Waals surface area contributed by atoms with Crippen molar-refractivity contribution in [3.8, 4) is 0 Å². The second kappa shape index (κ2) is 5.86. The van der Waals surface area contributed by atoms with Crippen molar-refractivity contribution in [2.75, 3.05) is 0 Å². The Morgan fingerprint density at radius 2 is 2.26 bits per heavy atom. The summed E-state index contributed by atoms with van der Waals surface area (Å²) >= 11 is 8.27. The molecular formula is C13H7BrN4O2S3. The number of imidazole rings is 1. The molecule has 0 fully saturated rings. The van der Waals surface area contributed by atoms with Crippen molar-refractivity contribution in [3.05, 3.63) is 50.2 Å². The first-order chi connectivity index (χ1) is 11.1. The fourth-order valence-corrected chi connectivity index (χ4v) is 5.63. The highest BCUT2D eigenvalue weighted by Crippen LogP contribution is 2.34. The monoisotopic (exact) mass is 426 g/mol. The third-order valence-corrected chi connectivity index (χ3v) is 6.95. The highest BCUT2D eigenvalue weighted by atomic mass is 79.9. The number of rotatable bonds is 4. The van der Waals surface area contributed by atoms with Crippen LogP contribution in [0, 0.1) is 10.1 Å². The molecule has 0 amide bonds. The lowest BCUT2D eigenvalue weighted by Crippen LogP contribution is -1.86. The Bertz CT molecular complexity index is 1040. The molecule has 4 aromatic rings. The van der Waals surface area contributed by atoms with Gasteiger partial charge in [-0.2, -0.15) is 0 Å². The molecule has 116 valence electrons. The zero-order chi connectivity index (χ0) is 16.0. The zero-order valence-corrected chi connectivity index (χ0v) is 15.3. The number of aromatic nitrogens is 3. The van der Waals surface area contributed by atoms with E-state index in [4.69, 9.17) is 0 Å². The maximum absolute atomic E-state index is 10.8. The topological polar surface area (TPSA) is 73.3 Å². The number of hydrogen-bond acceptors (Lipinski definition) is 7. The average Bonchev–Trinajstić information content (AvgIpc) is 3.20. The van der Waals surface area contributed by atoms with Gasteiger partial charge in [0, 0.05) is 29.5 Å². The Morgan fingerprint density at radius 3 is 3.04 bits per heavy atom. The van der Waals surface area contributed by atoms with E-state index >= 15 is 0 Å². The van der Waals surface area contributed by atoms with Gasteiger partial charge in [0.2, 0.25) is 0 Å². The molecule has 1 aromatic carbocycles. The van der Waals surface area contributed by atoms with Gasteiger partial charge in [-0.1, -0.05) is 11.8 Å². The first kappa shape index (κ1) is 15.1. The minimum atomic E-state index is -0.402. The Kier molecular flexibility index (Phi) is 3.84. The second-order valence-corrected chi connectivity index (χ2v) is 8.46. The van der Waals surface area contributed by atoms with Crippen molar-refractivity contribution < 1.29 is 4.92 Å². The van der Waals surface area contributed by atoms with E-state index in [0.717, 1.165) is 24.3 Å². The van der Waals surface area contributed by atoms with E-state index in [0.29, 0.717) is 11.3 Å². The number of halogens is 1. The average molecular weight is 427 g/mol. The standard InChI is InChI=1S/C13H7BrN4O2S3/c14-11-9(15-12-17(11)3-4-21-12)6-22-13-16-8-5-7(18(19)20)1-2-10(8)23-13/h1-5H,6H2. The lowest BCUT2D eigenvalue weighted by molar-refractivity contribution is -0.384. The Morgan fingerprint density at radius 1 is 1.39 bits per heavy atom. The first-order valence-electron chi connectivity index (χ1n) is 6.39. The molecule has 6 nitrogen and oxygen atoms in total. The molecule has 0 spiro atoms. The molecule has 0 N–H and O–H groups in total. The number of thioether (sulfide) groups is 1. The van der Waals surface area contributed by atoms with E-state index in [9.17, 15) is 10.1 Å². The molecule has 0 aliphatic heterocycles. The summed E-state index contributed by atoms with van der Waals surface area (Å²) in [5.41, 5.74) is 1.69. The molecular weight excluding hydrogens is 420 g/mol. The van der Waals surface area contributed by atoms with E-state index < -0.39 is 4.92 Å². The number of nitro benzene ring substituents is 1. The molecule has 0 saturated carbocycles. The molecule has 10 heteroatoms. The normalized spacial score (nSPS) is 11.5. The molecule has 0 unspecified atom stereocenters. The van der Waals surface area contributed by atoms with Crippen LogP contribution < -0.4 is 0 Å². The molecule has 23 heavy (non-hydrogen) atoms. The SMILES string of the molecule is O=[N+]([O-])c1ccc2sc(SCc3nc4sccn4c3Br)nc2c1. The highest BCUT2D eigenvalue weighted by molar-refractivity contribution is 9.10. The summed E-state index contributed by atoms with van der Waals surface area (Å²) < 4.78 is 4.78. The van der Waals surface area contributed by atoms with Gasteiger partial charge >= 0.3 is 0 Å². The number of nitrogens with zero attached hydrogens (tertiary/aromatic N) is 4. The molecule has 0 aliphatic carbocycles. The fourth-order valence-electron chi connectivity index (χ4n) is 2.09. The maximum Gasteiger partial charge on any atom is 0.271 e. The summed E-state index contributed by atoms with van der Waals surface area (Å²) in [6.07, 6.45) is 1.97. The predicted octanol–water partition coefficient (Wildman–Crippen LogP) is 4.97. The van der Waals surface area contributed by atoms with Crippen LogP contribution in [0.5, 0.6) is 0 Å². The van der Waals surface area contributed by atoms with Crippen LogP contribution in [0.1, 0.15) is 5.69 Å². The molecule has 3 heterocycles. The van der Waals surface area contributed by atoms with E-state index in [1.54, 1.807) is 29.2 Å². The summed E-state index contributed by atoms with van der Waals surface area (Å²) in [6.45, 7) is 0. The second-order valence-electron chi connectivity index (χ2n) is 4.58. The summed E-state index contributed by atoms with van der Waals surface area (Å²) in [5, 5.41) is 12.8. The maximum atomic E-state index is 10.8. The minimum absolute atomic E-state index is 0.0661. The van der Waals surface area contributed by atoms with E-state index in [1.165, 1.54) is 23.5 Å². The van der Waals surface area contributed by atoms with Gasteiger partial charge < -0.3 is 0 Å². The molecule has 0 bridgehead atoms. The Balaban J connectivity index is 1.58. The van der Waals surface area contributed by atoms with Crippen molar-refractivity contribution in [3.63, 3.8) is 0 Å². The number of nitro groups is 1. The van der Waals surface area contributed by atoms with Crippen LogP contribution in [-0.2, 0) is 5.75 Å². The van der Waals surface area contributed by atoms with Crippen LogP contribution in [0.4, 0.5) is 5.69 Å². The van der Waals surface area contributed by atoms with Gasteiger partial charge in [-0.15, -0.1) is 22.7 Å². The quantitative estimate of drug-likeness (QED) is 0.261. The van der Waals surface area contributed by atoms with Gasteiger partial charge in [0.15, 0.2) is 9.30 Å². The lowest BCUT2D eigenvalue weighted by atomic mass is 10.3. The highest BCUT2D eigenvalue weighted by Gasteiger charge is 2.14. The Hall–Kier alpha value is -1.49.